The number of anilines is 1. The van der Waals surface area contributed by atoms with Crippen molar-refractivity contribution in [3.8, 4) is 0 Å². The summed E-state index contributed by atoms with van der Waals surface area (Å²) in [5.41, 5.74) is 4.47. The van der Waals surface area contributed by atoms with Crippen molar-refractivity contribution >= 4 is 46.4 Å². The average Bonchev–Trinajstić information content (AvgIpc) is 2.50. The summed E-state index contributed by atoms with van der Waals surface area (Å²) in [5, 5.41) is 46.9. The summed E-state index contributed by atoms with van der Waals surface area (Å²) < 4.78 is 0. The molecule has 0 aliphatic carbocycles. The number of aliphatic hydroxyl groups is 5. The predicted octanol–water partition coefficient (Wildman–Crippen LogP) is -0.474. The van der Waals surface area contributed by atoms with Gasteiger partial charge in [-0.15, -0.1) is 0 Å². The molecule has 0 heterocycles. The molecular formula is C12H15Cl3N2O6. The molecule has 8 nitrogen and oxygen atoms in total. The fourth-order valence-electron chi connectivity index (χ4n) is 1.54. The lowest BCUT2D eigenvalue weighted by atomic mass is 10.0. The second-order valence-corrected chi connectivity index (χ2v) is 5.79. The average molecular weight is 390 g/mol. The SMILES string of the molecule is O=C(NNc1c(Cl)cc(Cl)cc1Cl)[C@H](O)[C@@H](O)[C@H](O)[C@H](O)CO. The molecule has 11 heteroatoms. The van der Waals surface area contributed by atoms with Crippen LogP contribution in [0.5, 0.6) is 0 Å². The molecule has 1 amide bonds. The third-order valence-electron chi connectivity index (χ3n) is 2.84. The van der Waals surface area contributed by atoms with Gasteiger partial charge in [0.1, 0.15) is 18.3 Å². The number of hydrogen-bond acceptors (Lipinski definition) is 7. The van der Waals surface area contributed by atoms with Crippen LogP contribution < -0.4 is 10.9 Å². The molecule has 7 N–H and O–H groups in total. The summed E-state index contributed by atoms with van der Waals surface area (Å²) in [6.45, 7) is -0.860. The van der Waals surface area contributed by atoms with Crippen LogP contribution in [0.2, 0.25) is 15.1 Å². The van der Waals surface area contributed by atoms with E-state index in [1.807, 2.05) is 5.43 Å². The van der Waals surface area contributed by atoms with E-state index in [0.717, 1.165) is 0 Å². The van der Waals surface area contributed by atoms with Gasteiger partial charge >= 0.3 is 0 Å². The van der Waals surface area contributed by atoms with Crippen LogP contribution in [0.15, 0.2) is 12.1 Å². The number of hydrazine groups is 1. The minimum absolute atomic E-state index is 0.0913. The van der Waals surface area contributed by atoms with Crippen molar-refractivity contribution in [3.05, 3.63) is 27.2 Å². The van der Waals surface area contributed by atoms with Crippen molar-refractivity contribution in [1.29, 1.82) is 0 Å². The minimum atomic E-state index is -2.09. The third-order valence-corrected chi connectivity index (χ3v) is 3.66. The maximum absolute atomic E-state index is 11.7. The van der Waals surface area contributed by atoms with E-state index in [0.29, 0.717) is 0 Å². The van der Waals surface area contributed by atoms with Crippen LogP contribution >= 0.6 is 34.8 Å². The number of rotatable bonds is 7. The summed E-state index contributed by atoms with van der Waals surface area (Å²) in [7, 11) is 0. The van der Waals surface area contributed by atoms with Crippen molar-refractivity contribution in [3.63, 3.8) is 0 Å². The number of aliphatic hydroxyl groups excluding tert-OH is 5. The second-order valence-electron chi connectivity index (χ2n) is 4.53. The van der Waals surface area contributed by atoms with Crippen LogP contribution in [-0.4, -0.2) is 62.5 Å². The number of carbonyl (C=O) groups is 1. The van der Waals surface area contributed by atoms with E-state index in [1.165, 1.54) is 12.1 Å². The van der Waals surface area contributed by atoms with E-state index in [4.69, 9.17) is 45.0 Å². The van der Waals surface area contributed by atoms with Gasteiger partial charge in [-0.05, 0) is 12.1 Å². The number of benzene rings is 1. The predicted molar refractivity (Wildman–Crippen MR) is 84.4 cm³/mol. The molecule has 4 atom stereocenters. The minimum Gasteiger partial charge on any atom is -0.394 e. The monoisotopic (exact) mass is 388 g/mol. The molecule has 1 aromatic carbocycles. The lowest BCUT2D eigenvalue weighted by molar-refractivity contribution is -0.148. The maximum Gasteiger partial charge on any atom is 0.269 e. The molecule has 1 rings (SSSR count). The molecule has 0 aliphatic heterocycles. The quantitative estimate of drug-likeness (QED) is 0.312. The van der Waals surface area contributed by atoms with Gasteiger partial charge in [0.15, 0.2) is 6.10 Å². The molecule has 130 valence electrons. The van der Waals surface area contributed by atoms with E-state index in [-0.39, 0.29) is 20.8 Å². The molecule has 0 radical (unpaired) electrons. The van der Waals surface area contributed by atoms with Gasteiger partial charge in [-0.25, -0.2) is 0 Å². The van der Waals surface area contributed by atoms with Crippen LogP contribution in [-0.2, 0) is 4.79 Å². The fourth-order valence-corrected chi connectivity index (χ4v) is 2.45. The third kappa shape index (κ3) is 5.33. The molecule has 0 unspecified atom stereocenters. The van der Waals surface area contributed by atoms with Crippen molar-refractivity contribution in [2.45, 2.75) is 24.4 Å². The molecule has 23 heavy (non-hydrogen) atoms. The van der Waals surface area contributed by atoms with Crippen LogP contribution in [0.3, 0.4) is 0 Å². The first kappa shape index (κ1) is 20.2. The largest absolute Gasteiger partial charge is 0.394 e. The Hall–Kier alpha value is -0.840. The summed E-state index contributed by atoms with van der Waals surface area (Å²) in [5.74, 6) is -1.14. The lowest BCUT2D eigenvalue weighted by Gasteiger charge is -2.25. The Labute approximate surface area is 146 Å². The number of hydrogen-bond donors (Lipinski definition) is 7. The topological polar surface area (TPSA) is 142 Å². The highest BCUT2D eigenvalue weighted by atomic mass is 35.5. The van der Waals surface area contributed by atoms with Crippen LogP contribution in [0, 0.1) is 0 Å². The highest BCUT2D eigenvalue weighted by Crippen LogP contribution is 2.33. The molecule has 0 saturated carbocycles. The van der Waals surface area contributed by atoms with Crippen molar-refractivity contribution < 1.29 is 30.3 Å². The summed E-state index contributed by atoms with van der Waals surface area (Å²) in [4.78, 5) is 11.7. The second kappa shape index (κ2) is 8.86. The Bertz CT molecular complexity index is 539. The molecule has 0 bridgehead atoms. The highest BCUT2D eigenvalue weighted by Gasteiger charge is 2.34. The lowest BCUT2D eigenvalue weighted by Crippen LogP contribution is -2.52. The number of halogens is 3. The molecule has 0 fully saturated rings. The van der Waals surface area contributed by atoms with Gasteiger partial charge in [0.2, 0.25) is 0 Å². The Kier molecular flexibility index (Phi) is 7.78. The Balaban J connectivity index is 2.70. The molecular weight excluding hydrogens is 374 g/mol. The van der Waals surface area contributed by atoms with E-state index in [9.17, 15) is 20.1 Å². The van der Waals surface area contributed by atoms with Crippen LogP contribution in [0.1, 0.15) is 0 Å². The number of nitrogens with one attached hydrogen (secondary N) is 2. The first-order valence-corrected chi connectivity index (χ1v) is 7.36. The molecule has 0 aliphatic rings. The van der Waals surface area contributed by atoms with E-state index in [2.05, 4.69) is 5.43 Å². The zero-order valence-corrected chi connectivity index (χ0v) is 13.7. The van der Waals surface area contributed by atoms with E-state index < -0.39 is 36.9 Å². The normalized spacial score (nSPS) is 16.3. The van der Waals surface area contributed by atoms with Gasteiger partial charge in [-0.1, -0.05) is 34.8 Å². The zero-order chi connectivity index (χ0) is 17.7. The fraction of sp³-hybridized carbons (Fsp3) is 0.417. The Morgan fingerprint density at radius 2 is 1.57 bits per heavy atom. The van der Waals surface area contributed by atoms with Crippen molar-refractivity contribution in [2.75, 3.05) is 12.0 Å². The van der Waals surface area contributed by atoms with Crippen molar-refractivity contribution in [1.82, 2.24) is 5.43 Å². The Morgan fingerprint density at radius 3 is 2.04 bits per heavy atom. The van der Waals surface area contributed by atoms with Gasteiger partial charge in [0.05, 0.1) is 22.3 Å². The standard InChI is InChI=1S/C12H15Cl3N2O6/c13-4-1-5(14)8(6(15)2-4)16-17-12(23)11(22)10(21)9(20)7(19)3-18/h1-2,7,9-11,16,18-22H,3H2,(H,17,23)/t7-,9-,10+,11-/m1/s1. The molecule has 0 spiro atoms. The smallest absolute Gasteiger partial charge is 0.269 e. The summed E-state index contributed by atoms with van der Waals surface area (Å²) in [6, 6.07) is 2.71. The zero-order valence-electron chi connectivity index (χ0n) is 11.4. The summed E-state index contributed by atoms with van der Waals surface area (Å²) >= 11 is 17.5. The molecule has 0 aromatic heterocycles. The first-order chi connectivity index (χ1) is 10.7. The van der Waals surface area contributed by atoms with E-state index >= 15 is 0 Å². The number of carbonyl (C=O) groups excluding carboxylic acids is 1. The summed E-state index contributed by atoms with van der Waals surface area (Å²) in [6.07, 6.45) is -7.78. The van der Waals surface area contributed by atoms with Gasteiger partial charge in [-0.3, -0.25) is 15.6 Å². The van der Waals surface area contributed by atoms with Gasteiger partial charge in [-0.2, -0.15) is 0 Å². The maximum atomic E-state index is 11.7. The molecule has 0 saturated heterocycles. The van der Waals surface area contributed by atoms with Crippen LogP contribution in [0.4, 0.5) is 5.69 Å². The van der Waals surface area contributed by atoms with E-state index in [1.54, 1.807) is 0 Å². The van der Waals surface area contributed by atoms with Crippen LogP contribution in [0.25, 0.3) is 0 Å². The van der Waals surface area contributed by atoms with Gasteiger partial charge in [0.25, 0.3) is 5.91 Å². The van der Waals surface area contributed by atoms with Gasteiger partial charge < -0.3 is 25.5 Å². The molecule has 1 aromatic rings. The number of amides is 1. The highest BCUT2D eigenvalue weighted by molar-refractivity contribution is 6.41. The first-order valence-electron chi connectivity index (χ1n) is 6.22. The Morgan fingerprint density at radius 1 is 1.04 bits per heavy atom. The van der Waals surface area contributed by atoms with Crippen molar-refractivity contribution in [2.24, 2.45) is 0 Å². The van der Waals surface area contributed by atoms with Gasteiger partial charge in [0, 0.05) is 5.02 Å².